The van der Waals surface area contributed by atoms with Crippen LogP contribution in [-0.2, 0) is 4.79 Å². The highest BCUT2D eigenvalue weighted by molar-refractivity contribution is 5.74. The molecule has 0 spiro atoms. The van der Waals surface area contributed by atoms with Crippen LogP contribution in [0.3, 0.4) is 0 Å². The summed E-state index contributed by atoms with van der Waals surface area (Å²) >= 11 is 0. The van der Waals surface area contributed by atoms with Crippen LogP contribution in [0.2, 0.25) is 0 Å². The van der Waals surface area contributed by atoms with Gasteiger partial charge in [0.25, 0.3) is 0 Å². The van der Waals surface area contributed by atoms with Gasteiger partial charge in [0, 0.05) is 13.0 Å². The lowest BCUT2D eigenvalue weighted by molar-refractivity contribution is -0.137. The monoisotopic (exact) mass is 278 g/mol. The Morgan fingerprint density at radius 1 is 1.25 bits per heavy atom. The Hall–Kier alpha value is -2.04. The molecule has 2 amide bonds. The highest BCUT2D eigenvalue weighted by Gasteiger charge is 2.09. The van der Waals surface area contributed by atoms with Gasteiger partial charge in [0.05, 0.1) is 6.04 Å². The first kappa shape index (κ1) is 16.0. The van der Waals surface area contributed by atoms with Gasteiger partial charge in [-0.25, -0.2) is 4.79 Å². The van der Waals surface area contributed by atoms with Crippen molar-refractivity contribution in [2.24, 2.45) is 0 Å². The van der Waals surface area contributed by atoms with Gasteiger partial charge in [0.1, 0.15) is 0 Å². The van der Waals surface area contributed by atoms with E-state index in [1.54, 1.807) is 0 Å². The number of carboxylic acid groups (broad SMARTS) is 1. The predicted molar refractivity (Wildman–Crippen MR) is 77.7 cm³/mol. The van der Waals surface area contributed by atoms with Crippen molar-refractivity contribution in [2.45, 2.75) is 39.7 Å². The molecule has 110 valence electrons. The molecule has 1 atom stereocenters. The highest BCUT2D eigenvalue weighted by atomic mass is 16.4. The van der Waals surface area contributed by atoms with Crippen LogP contribution in [0.25, 0.3) is 0 Å². The van der Waals surface area contributed by atoms with Crippen molar-refractivity contribution < 1.29 is 14.7 Å². The lowest BCUT2D eigenvalue weighted by Gasteiger charge is -2.16. The molecule has 0 aliphatic heterocycles. The van der Waals surface area contributed by atoms with Gasteiger partial charge in [-0.15, -0.1) is 0 Å². The first-order chi connectivity index (χ1) is 9.40. The number of aliphatic carboxylic acids is 1. The summed E-state index contributed by atoms with van der Waals surface area (Å²) in [6.45, 7) is 6.36. The Bertz CT molecular complexity index is 486. The number of rotatable bonds is 6. The summed E-state index contributed by atoms with van der Waals surface area (Å²) < 4.78 is 0. The van der Waals surface area contributed by atoms with Gasteiger partial charge in [0.2, 0.25) is 0 Å². The van der Waals surface area contributed by atoms with Gasteiger partial charge < -0.3 is 15.7 Å². The number of carbonyl (C=O) groups excluding carboxylic acids is 1. The smallest absolute Gasteiger partial charge is 0.315 e. The fraction of sp³-hybridized carbons (Fsp3) is 0.467. The van der Waals surface area contributed by atoms with Crippen molar-refractivity contribution in [1.29, 1.82) is 0 Å². The molecule has 0 heterocycles. The van der Waals surface area contributed by atoms with E-state index in [0.29, 0.717) is 13.0 Å². The molecule has 0 radical (unpaired) electrons. The second-order valence-electron chi connectivity index (χ2n) is 4.96. The van der Waals surface area contributed by atoms with Gasteiger partial charge >= 0.3 is 12.0 Å². The Morgan fingerprint density at radius 2 is 1.95 bits per heavy atom. The summed E-state index contributed by atoms with van der Waals surface area (Å²) in [6, 6.07) is 5.73. The van der Waals surface area contributed by atoms with E-state index in [0.717, 1.165) is 5.56 Å². The predicted octanol–water partition coefficient (Wildman–Crippen LogP) is 2.53. The zero-order valence-electron chi connectivity index (χ0n) is 12.2. The third-order valence-electron chi connectivity index (χ3n) is 3.23. The van der Waals surface area contributed by atoms with Crippen LogP contribution in [0.5, 0.6) is 0 Å². The first-order valence-corrected chi connectivity index (χ1v) is 6.73. The van der Waals surface area contributed by atoms with Crippen LogP contribution >= 0.6 is 0 Å². The maximum Gasteiger partial charge on any atom is 0.315 e. The summed E-state index contributed by atoms with van der Waals surface area (Å²) in [6.07, 6.45) is 0.494. The molecule has 1 rings (SSSR count). The Morgan fingerprint density at radius 3 is 2.55 bits per heavy atom. The van der Waals surface area contributed by atoms with Gasteiger partial charge in [-0.2, -0.15) is 0 Å². The molecule has 0 fully saturated rings. The Labute approximate surface area is 119 Å². The van der Waals surface area contributed by atoms with Crippen LogP contribution in [0.15, 0.2) is 18.2 Å². The molecule has 5 heteroatoms. The summed E-state index contributed by atoms with van der Waals surface area (Å²) in [7, 11) is 0. The molecule has 1 aromatic carbocycles. The zero-order chi connectivity index (χ0) is 15.1. The molecule has 20 heavy (non-hydrogen) atoms. The highest BCUT2D eigenvalue weighted by Crippen LogP contribution is 2.16. The van der Waals surface area contributed by atoms with E-state index in [4.69, 9.17) is 5.11 Å². The summed E-state index contributed by atoms with van der Waals surface area (Å²) in [5.74, 6) is -0.851. The van der Waals surface area contributed by atoms with Crippen molar-refractivity contribution in [3.05, 3.63) is 34.9 Å². The van der Waals surface area contributed by atoms with Gasteiger partial charge in [-0.05, 0) is 43.9 Å². The molecule has 0 saturated carbocycles. The van der Waals surface area contributed by atoms with E-state index in [9.17, 15) is 9.59 Å². The second-order valence-corrected chi connectivity index (χ2v) is 4.96. The number of hydrogen-bond donors (Lipinski definition) is 3. The average Bonchev–Trinajstić information content (AvgIpc) is 2.37. The minimum absolute atomic E-state index is 0.0625. The van der Waals surface area contributed by atoms with Gasteiger partial charge in [-0.3, -0.25) is 4.79 Å². The lowest BCUT2D eigenvalue weighted by Crippen LogP contribution is -2.37. The van der Waals surface area contributed by atoms with Crippen LogP contribution in [0, 0.1) is 13.8 Å². The second kappa shape index (κ2) is 7.53. The van der Waals surface area contributed by atoms with Gasteiger partial charge in [0.15, 0.2) is 0 Å². The minimum Gasteiger partial charge on any atom is -0.481 e. The number of hydrogen-bond acceptors (Lipinski definition) is 2. The molecule has 3 N–H and O–H groups in total. The molecular formula is C15H22N2O3. The van der Waals surface area contributed by atoms with Crippen molar-refractivity contribution in [1.82, 2.24) is 10.6 Å². The number of carboxylic acids is 1. The maximum absolute atomic E-state index is 11.7. The molecule has 0 aliphatic rings. The quantitative estimate of drug-likeness (QED) is 0.700. The molecule has 0 aliphatic carbocycles. The number of carbonyl (C=O) groups is 2. The third kappa shape index (κ3) is 5.30. The minimum atomic E-state index is -0.851. The molecule has 0 bridgehead atoms. The summed E-state index contributed by atoms with van der Waals surface area (Å²) in [5.41, 5.74) is 3.46. The molecule has 5 nitrogen and oxygen atoms in total. The standard InChI is InChI=1S/C15H22N2O3/c1-10-6-7-13(9-11(10)2)12(3)17-15(20)16-8-4-5-14(18)19/h6-7,9,12H,4-5,8H2,1-3H3,(H,18,19)(H2,16,17,20). The number of amides is 2. The third-order valence-corrected chi connectivity index (χ3v) is 3.23. The maximum atomic E-state index is 11.7. The molecule has 0 aromatic heterocycles. The van der Waals surface area contributed by atoms with E-state index in [1.807, 2.05) is 32.9 Å². The van der Waals surface area contributed by atoms with Crippen LogP contribution in [-0.4, -0.2) is 23.7 Å². The topological polar surface area (TPSA) is 78.4 Å². The van der Waals surface area contributed by atoms with Crippen molar-refractivity contribution >= 4 is 12.0 Å². The average molecular weight is 278 g/mol. The summed E-state index contributed by atoms with van der Waals surface area (Å²) in [5, 5.41) is 14.0. The van der Waals surface area contributed by atoms with E-state index >= 15 is 0 Å². The Balaban J connectivity index is 2.41. The van der Waals surface area contributed by atoms with Crippen molar-refractivity contribution in [2.75, 3.05) is 6.54 Å². The number of nitrogens with one attached hydrogen (secondary N) is 2. The fourth-order valence-corrected chi connectivity index (χ4v) is 1.81. The van der Waals surface area contributed by atoms with Crippen LogP contribution in [0.4, 0.5) is 4.79 Å². The molecule has 1 unspecified atom stereocenters. The summed E-state index contributed by atoms with van der Waals surface area (Å²) in [4.78, 5) is 22.0. The number of benzene rings is 1. The SMILES string of the molecule is Cc1ccc(C(C)NC(=O)NCCCC(=O)O)cc1C. The normalized spacial score (nSPS) is 11.8. The first-order valence-electron chi connectivity index (χ1n) is 6.73. The Kier molecular flexibility index (Phi) is 6.03. The largest absolute Gasteiger partial charge is 0.481 e. The van der Waals surface area contributed by atoms with E-state index in [-0.39, 0.29) is 18.5 Å². The van der Waals surface area contributed by atoms with Crippen molar-refractivity contribution in [3.8, 4) is 0 Å². The number of urea groups is 1. The van der Waals surface area contributed by atoms with Gasteiger partial charge in [-0.1, -0.05) is 18.2 Å². The van der Waals surface area contributed by atoms with E-state index in [2.05, 4.69) is 16.7 Å². The molecular weight excluding hydrogens is 256 g/mol. The van der Waals surface area contributed by atoms with Crippen molar-refractivity contribution in [3.63, 3.8) is 0 Å². The van der Waals surface area contributed by atoms with Crippen LogP contribution in [0.1, 0.15) is 42.5 Å². The molecule has 0 saturated heterocycles. The fourth-order valence-electron chi connectivity index (χ4n) is 1.81. The zero-order valence-corrected chi connectivity index (χ0v) is 12.2. The molecule has 1 aromatic rings. The van der Waals surface area contributed by atoms with E-state index in [1.165, 1.54) is 11.1 Å². The van der Waals surface area contributed by atoms with E-state index < -0.39 is 5.97 Å². The van der Waals surface area contributed by atoms with Crippen LogP contribution < -0.4 is 10.6 Å². The number of aryl methyl sites for hydroxylation is 2. The lowest BCUT2D eigenvalue weighted by atomic mass is 10.0.